The van der Waals surface area contributed by atoms with Crippen LogP contribution in [0.1, 0.15) is 19.3 Å². The molecule has 0 bridgehead atoms. The molecule has 0 saturated carbocycles. The number of likely N-dealkylation sites (N-methyl/N-ethyl adjacent to an activating group) is 1. The average Bonchev–Trinajstić information content (AvgIpc) is 2.47. The first-order chi connectivity index (χ1) is 9.63. The lowest BCUT2D eigenvalue weighted by molar-refractivity contribution is -0.127. The Kier molecular flexibility index (Phi) is 11.1. The van der Waals surface area contributed by atoms with E-state index in [0.717, 1.165) is 19.4 Å². The highest BCUT2D eigenvalue weighted by Crippen LogP contribution is 2.11. The van der Waals surface area contributed by atoms with Crippen LogP contribution in [0.15, 0.2) is 4.99 Å². The van der Waals surface area contributed by atoms with E-state index in [9.17, 15) is 4.79 Å². The van der Waals surface area contributed by atoms with Gasteiger partial charge in [-0.2, -0.15) is 0 Å². The number of carbonyl (C=O) groups excluding carboxylic acids is 1. The zero-order valence-corrected chi connectivity index (χ0v) is 15.1. The summed E-state index contributed by atoms with van der Waals surface area (Å²) in [5.41, 5.74) is 0. The standard InChI is InChI=1S/C14H24N4O2.HI/c1-4-8-15-14(17-11-13(19)18(2)3)16-10-12-7-5-6-9-20-12;/h1,12H,5-11H2,2-3H3,(H2,15,16,17);1H. The molecule has 1 aliphatic rings. The summed E-state index contributed by atoms with van der Waals surface area (Å²) in [6, 6.07) is 0. The Hall–Kier alpha value is -1.01. The molecule has 0 aliphatic carbocycles. The fourth-order valence-electron chi connectivity index (χ4n) is 1.78. The number of terminal acetylenes is 1. The lowest BCUT2D eigenvalue weighted by atomic mass is 10.1. The Balaban J connectivity index is 0.00000400. The molecule has 1 atom stereocenters. The SMILES string of the molecule is C#CCNC(=NCC(=O)N(C)C)NCC1CCCCO1.I. The molecule has 1 fully saturated rings. The van der Waals surface area contributed by atoms with Crippen molar-refractivity contribution >= 4 is 35.8 Å². The van der Waals surface area contributed by atoms with E-state index < -0.39 is 0 Å². The molecule has 0 aromatic heterocycles. The molecule has 0 spiro atoms. The third-order valence-corrected chi connectivity index (χ3v) is 3.00. The van der Waals surface area contributed by atoms with Crippen LogP contribution in [0.5, 0.6) is 0 Å². The van der Waals surface area contributed by atoms with Crippen molar-refractivity contribution in [2.45, 2.75) is 25.4 Å². The van der Waals surface area contributed by atoms with Gasteiger partial charge in [0.25, 0.3) is 0 Å². The van der Waals surface area contributed by atoms with Gasteiger partial charge in [-0.1, -0.05) is 5.92 Å². The van der Waals surface area contributed by atoms with Gasteiger partial charge < -0.3 is 20.3 Å². The van der Waals surface area contributed by atoms with Gasteiger partial charge in [0.1, 0.15) is 6.54 Å². The maximum absolute atomic E-state index is 11.5. The van der Waals surface area contributed by atoms with E-state index in [4.69, 9.17) is 11.2 Å². The highest BCUT2D eigenvalue weighted by Gasteiger charge is 2.14. The highest BCUT2D eigenvalue weighted by atomic mass is 127. The average molecular weight is 408 g/mol. The number of hydrogen-bond acceptors (Lipinski definition) is 3. The summed E-state index contributed by atoms with van der Waals surface area (Å²) in [4.78, 5) is 17.3. The Bertz CT molecular complexity index is 374. The second-order valence-corrected chi connectivity index (χ2v) is 4.88. The fourth-order valence-corrected chi connectivity index (χ4v) is 1.78. The van der Waals surface area contributed by atoms with Crippen LogP contribution in [0.3, 0.4) is 0 Å². The van der Waals surface area contributed by atoms with Gasteiger partial charge in [0, 0.05) is 27.2 Å². The molecule has 2 N–H and O–H groups in total. The third kappa shape index (κ3) is 8.78. The predicted octanol–water partition coefficient (Wildman–Crippen LogP) is 0.430. The predicted molar refractivity (Wildman–Crippen MR) is 94.8 cm³/mol. The summed E-state index contributed by atoms with van der Waals surface area (Å²) in [5.74, 6) is 2.98. The van der Waals surface area contributed by atoms with Crippen molar-refractivity contribution in [1.29, 1.82) is 0 Å². The Morgan fingerprint density at radius 3 is 2.76 bits per heavy atom. The minimum absolute atomic E-state index is 0. The van der Waals surface area contributed by atoms with Crippen LogP contribution in [-0.2, 0) is 9.53 Å². The van der Waals surface area contributed by atoms with Crippen LogP contribution in [0.4, 0.5) is 0 Å². The van der Waals surface area contributed by atoms with Gasteiger partial charge in [0.05, 0.1) is 12.6 Å². The van der Waals surface area contributed by atoms with Gasteiger partial charge in [-0.15, -0.1) is 30.4 Å². The summed E-state index contributed by atoms with van der Waals surface area (Å²) < 4.78 is 5.64. The first kappa shape index (κ1) is 20.0. The Labute approximate surface area is 144 Å². The van der Waals surface area contributed by atoms with Gasteiger partial charge in [-0.3, -0.25) is 4.79 Å². The van der Waals surface area contributed by atoms with Crippen LogP contribution < -0.4 is 10.6 Å². The maximum Gasteiger partial charge on any atom is 0.243 e. The number of halogens is 1. The molecule has 0 radical (unpaired) electrons. The van der Waals surface area contributed by atoms with Gasteiger partial charge in [-0.25, -0.2) is 4.99 Å². The Morgan fingerprint density at radius 2 is 2.19 bits per heavy atom. The number of nitrogens with one attached hydrogen (secondary N) is 2. The molecule has 1 rings (SSSR count). The fraction of sp³-hybridized carbons (Fsp3) is 0.714. The molecular formula is C14H25IN4O2. The number of ether oxygens (including phenoxy) is 1. The second-order valence-electron chi connectivity index (χ2n) is 4.88. The van der Waals surface area contributed by atoms with E-state index in [1.807, 2.05) is 0 Å². The van der Waals surface area contributed by atoms with Crippen LogP contribution in [0.2, 0.25) is 0 Å². The lowest BCUT2D eigenvalue weighted by Gasteiger charge is -2.23. The number of nitrogens with zero attached hydrogens (tertiary/aromatic N) is 2. The molecule has 120 valence electrons. The van der Waals surface area contributed by atoms with Crippen LogP contribution in [0.25, 0.3) is 0 Å². The molecule has 1 heterocycles. The number of rotatable bonds is 5. The van der Waals surface area contributed by atoms with Crippen molar-refractivity contribution in [2.24, 2.45) is 4.99 Å². The molecule has 0 aromatic carbocycles. The minimum Gasteiger partial charge on any atom is -0.376 e. The zero-order valence-electron chi connectivity index (χ0n) is 12.7. The molecule has 6 nitrogen and oxygen atoms in total. The summed E-state index contributed by atoms with van der Waals surface area (Å²) >= 11 is 0. The van der Waals surface area contributed by atoms with E-state index in [1.54, 1.807) is 14.1 Å². The molecule has 1 amide bonds. The van der Waals surface area contributed by atoms with E-state index in [-0.39, 0.29) is 42.5 Å². The van der Waals surface area contributed by atoms with Gasteiger partial charge >= 0.3 is 0 Å². The molecule has 7 heteroatoms. The van der Waals surface area contributed by atoms with E-state index >= 15 is 0 Å². The largest absolute Gasteiger partial charge is 0.376 e. The maximum atomic E-state index is 11.5. The van der Waals surface area contributed by atoms with E-state index in [0.29, 0.717) is 19.0 Å². The lowest BCUT2D eigenvalue weighted by Crippen LogP contribution is -2.43. The van der Waals surface area contributed by atoms with Crippen molar-refractivity contribution in [1.82, 2.24) is 15.5 Å². The first-order valence-electron chi connectivity index (χ1n) is 6.91. The van der Waals surface area contributed by atoms with E-state index in [2.05, 4.69) is 21.5 Å². The monoisotopic (exact) mass is 408 g/mol. The topological polar surface area (TPSA) is 66.0 Å². The van der Waals surface area contributed by atoms with Crippen molar-refractivity contribution < 1.29 is 9.53 Å². The van der Waals surface area contributed by atoms with Crippen molar-refractivity contribution in [3.05, 3.63) is 0 Å². The number of amides is 1. The summed E-state index contributed by atoms with van der Waals surface area (Å²) in [6.07, 6.45) is 8.79. The van der Waals surface area contributed by atoms with Crippen molar-refractivity contribution in [2.75, 3.05) is 40.3 Å². The summed E-state index contributed by atoms with van der Waals surface area (Å²) in [5, 5.41) is 6.15. The number of aliphatic imine (C=N–C) groups is 1. The first-order valence-corrected chi connectivity index (χ1v) is 6.91. The molecular weight excluding hydrogens is 383 g/mol. The van der Waals surface area contributed by atoms with Crippen LogP contribution in [-0.4, -0.2) is 63.2 Å². The number of hydrogen-bond donors (Lipinski definition) is 2. The molecule has 1 aliphatic heterocycles. The highest BCUT2D eigenvalue weighted by molar-refractivity contribution is 14.0. The molecule has 1 saturated heterocycles. The number of carbonyl (C=O) groups is 1. The molecule has 21 heavy (non-hydrogen) atoms. The summed E-state index contributed by atoms with van der Waals surface area (Å²) in [6.45, 7) is 1.95. The Morgan fingerprint density at radius 1 is 1.43 bits per heavy atom. The molecule has 1 unspecified atom stereocenters. The minimum atomic E-state index is -0.0549. The van der Waals surface area contributed by atoms with Crippen LogP contribution in [0, 0.1) is 12.3 Å². The normalized spacial score (nSPS) is 18.1. The van der Waals surface area contributed by atoms with Gasteiger partial charge in [0.15, 0.2) is 5.96 Å². The van der Waals surface area contributed by atoms with Gasteiger partial charge in [0.2, 0.25) is 5.91 Å². The summed E-state index contributed by atoms with van der Waals surface area (Å²) in [7, 11) is 3.41. The van der Waals surface area contributed by atoms with E-state index in [1.165, 1.54) is 11.3 Å². The third-order valence-electron chi connectivity index (χ3n) is 3.00. The number of guanidine groups is 1. The quantitative estimate of drug-likeness (QED) is 0.300. The van der Waals surface area contributed by atoms with Crippen LogP contribution >= 0.6 is 24.0 Å². The smallest absolute Gasteiger partial charge is 0.243 e. The molecule has 0 aromatic rings. The van der Waals surface area contributed by atoms with Crippen molar-refractivity contribution in [3.8, 4) is 12.3 Å². The van der Waals surface area contributed by atoms with Crippen molar-refractivity contribution in [3.63, 3.8) is 0 Å². The second kappa shape index (κ2) is 11.6. The van der Waals surface area contributed by atoms with Gasteiger partial charge in [-0.05, 0) is 19.3 Å². The zero-order chi connectivity index (χ0) is 14.8.